The maximum absolute atomic E-state index is 12.5. The van der Waals surface area contributed by atoms with Crippen LogP contribution in [0, 0.1) is 22.7 Å². The third-order valence-electron chi connectivity index (χ3n) is 7.06. The maximum atomic E-state index is 12.5. The van der Waals surface area contributed by atoms with Crippen molar-refractivity contribution in [3.05, 3.63) is 23.3 Å². The van der Waals surface area contributed by atoms with E-state index >= 15 is 0 Å². The van der Waals surface area contributed by atoms with Gasteiger partial charge < -0.3 is 9.47 Å². The molecule has 146 valence electrons. The molecule has 0 saturated heterocycles. The molecule has 0 radical (unpaired) electrons. The maximum Gasteiger partial charge on any atom is 0.330 e. The Morgan fingerprint density at radius 3 is 2.54 bits per heavy atom. The van der Waals surface area contributed by atoms with Gasteiger partial charge in [-0.1, -0.05) is 31.1 Å². The topological polar surface area (TPSA) is 52.6 Å². The molecule has 1 fully saturated rings. The largest absolute Gasteiger partial charge is 0.469 e. The van der Waals surface area contributed by atoms with Gasteiger partial charge in [-0.15, -0.1) is 0 Å². The Hall–Kier alpha value is -1.58. The highest BCUT2D eigenvalue weighted by Crippen LogP contribution is 2.58. The van der Waals surface area contributed by atoms with Crippen LogP contribution in [0.3, 0.4) is 0 Å². The van der Waals surface area contributed by atoms with E-state index in [1.54, 1.807) is 6.08 Å². The number of carbonyl (C=O) groups excluding carboxylic acids is 2. The lowest BCUT2D eigenvalue weighted by molar-refractivity contribution is -0.156. The van der Waals surface area contributed by atoms with Crippen molar-refractivity contribution in [3.8, 4) is 0 Å². The lowest BCUT2D eigenvalue weighted by Gasteiger charge is -2.53. The second-order valence-corrected chi connectivity index (χ2v) is 8.57. The number of rotatable bonds is 5. The molecule has 4 nitrogen and oxygen atoms in total. The summed E-state index contributed by atoms with van der Waals surface area (Å²) >= 11 is 0. The molecule has 2 rings (SSSR count). The highest BCUT2D eigenvalue weighted by molar-refractivity contribution is 5.82. The van der Waals surface area contributed by atoms with Crippen molar-refractivity contribution in [1.29, 1.82) is 0 Å². The molecule has 0 amide bonds. The van der Waals surface area contributed by atoms with E-state index in [1.165, 1.54) is 19.8 Å². The number of methoxy groups -OCH3 is 2. The van der Waals surface area contributed by atoms with Crippen LogP contribution in [0.5, 0.6) is 0 Å². The summed E-state index contributed by atoms with van der Waals surface area (Å²) in [4.78, 5) is 24.0. The number of hydrogen-bond acceptors (Lipinski definition) is 4. The fourth-order valence-electron chi connectivity index (χ4n) is 4.97. The Morgan fingerprint density at radius 2 is 1.92 bits per heavy atom. The van der Waals surface area contributed by atoms with Gasteiger partial charge in [0.1, 0.15) is 0 Å². The average Bonchev–Trinajstić information content (AvgIpc) is 2.62. The minimum atomic E-state index is -0.420. The van der Waals surface area contributed by atoms with E-state index in [4.69, 9.17) is 9.47 Å². The van der Waals surface area contributed by atoms with E-state index in [1.807, 2.05) is 6.92 Å². The summed E-state index contributed by atoms with van der Waals surface area (Å²) in [6.45, 7) is 8.72. The molecule has 0 aromatic rings. The molecule has 0 spiro atoms. The molecule has 2 aliphatic carbocycles. The van der Waals surface area contributed by atoms with Gasteiger partial charge in [0.05, 0.1) is 19.6 Å². The van der Waals surface area contributed by atoms with Crippen LogP contribution >= 0.6 is 0 Å². The summed E-state index contributed by atoms with van der Waals surface area (Å²) in [6.07, 6.45) is 9.75. The summed E-state index contributed by atoms with van der Waals surface area (Å²) in [5.41, 5.74) is 2.10. The molecule has 0 unspecified atom stereocenters. The standard InChI is InChI=1S/C22H34O4/c1-15(14-19(23)25-5)11-13-21(3)16(2)9-10-18-17(21)8-7-12-22(18,4)20(24)26-6/h8,14,16,18H,7,9-13H2,1-6H3/b15-14+/t16-,18-,21+,22-/m0/s1. The first-order valence-electron chi connectivity index (χ1n) is 9.73. The molecule has 0 aromatic carbocycles. The van der Waals surface area contributed by atoms with E-state index in [9.17, 15) is 9.59 Å². The third-order valence-corrected chi connectivity index (χ3v) is 7.06. The van der Waals surface area contributed by atoms with Gasteiger partial charge in [0, 0.05) is 6.08 Å². The zero-order valence-electron chi connectivity index (χ0n) is 17.2. The molecule has 1 saturated carbocycles. The van der Waals surface area contributed by atoms with Crippen molar-refractivity contribution >= 4 is 11.9 Å². The Labute approximate surface area is 158 Å². The first kappa shape index (κ1) is 20.7. The van der Waals surface area contributed by atoms with Gasteiger partial charge in [-0.05, 0) is 69.6 Å². The van der Waals surface area contributed by atoms with Crippen LogP contribution < -0.4 is 0 Å². The molecule has 0 bridgehead atoms. The number of ether oxygens (including phenoxy) is 2. The highest BCUT2D eigenvalue weighted by atomic mass is 16.5. The lowest BCUT2D eigenvalue weighted by Crippen LogP contribution is -2.47. The molecular weight excluding hydrogens is 328 g/mol. The van der Waals surface area contributed by atoms with Crippen LogP contribution in [0.4, 0.5) is 0 Å². The van der Waals surface area contributed by atoms with Crippen molar-refractivity contribution in [3.63, 3.8) is 0 Å². The summed E-state index contributed by atoms with van der Waals surface area (Å²) in [5.74, 6) is 0.440. The highest BCUT2D eigenvalue weighted by Gasteiger charge is 2.52. The third kappa shape index (κ3) is 3.74. The Morgan fingerprint density at radius 1 is 1.23 bits per heavy atom. The van der Waals surface area contributed by atoms with Gasteiger partial charge in [0.25, 0.3) is 0 Å². The summed E-state index contributed by atoms with van der Waals surface area (Å²) < 4.78 is 9.90. The molecule has 0 aliphatic heterocycles. The van der Waals surface area contributed by atoms with Crippen molar-refractivity contribution in [2.45, 2.75) is 66.2 Å². The van der Waals surface area contributed by atoms with E-state index in [0.717, 1.165) is 44.1 Å². The van der Waals surface area contributed by atoms with Crippen molar-refractivity contribution in [2.75, 3.05) is 14.2 Å². The smallest absolute Gasteiger partial charge is 0.330 e. The molecule has 4 atom stereocenters. The SMILES string of the molecule is COC(=O)/C=C(\C)CC[C@@]1(C)C2=CCC[C@](C)(C(=O)OC)[C@H]2CC[C@@H]1C. The zero-order valence-corrected chi connectivity index (χ0v) is 17.2. The molecule has 26 heavy (non-hydrogen) atoms. The zero-order chi connectivity index (χ0) is 19.5. The number of allylic oxidation sites excluding steroid dienone is 3. The predicted molar refractivity (Wildman–Crippen MR) is 102 cm³/mol. The Balaban J connectivity index is 2.27. The van der Waals surface area contributed by atoms with E-state index < -0.39 is 5.41 Å². The average molecular weight is 363 g/mol. The molecule has 2 aliphatic rings. The predicted octanol–water partition coefficient (Wildman–Crippen LogP) is 4.84. The normalized spacial score (nSPS) is 34.5. The lowest BCUT2D eigenvalue weighted by atomic mass is 9.51. The van der Waals surface area contributed by atoms with E-state index in [-0.39, 0.29) is 23.3 Å². The first-order chi connectivity index (χ1) is 12.2. The molecule has 4 heteroatoms. The summed E-state index contributed by atoms with van der Waals surface area (Å²) in [5, 5.41) is 0. The van der Waals surface area contributed by atoms with Crippen molar-refractivity contribution < 1.29 is 19.1 Å². The second kappa shape index (κ2) is 7.98. The Bertz CT molecular complexity index is 618. The summed E-state index contributed by atoms with van der Waals surface area (Å²) in [7, 11) is 2.90. The fourth-order valence-corrected chi connectivity index (χ4v) is 4.97. The number of fused-ring (bicyclic) bond motifs is 1. The molecule has 0 aromatic heterocycles. The molecule has 0 N–H and O–H groups in total. The number of hydrogen-bond donors (Lipinski definition) is 0. The van der Waals surface area contributed by atoms with Gasteiger partial charge in [0.2, 0.25) is 0 Å². The number of carbonyl (C=O) groups is 2. The quantitative estimate of drug-likeness (QED) is 0.399. The van der Waals surface area contributed by atoms with Crippen molar-refractivity contribution in [2.24, 2.45) is 22.7 Å². The van der Waals surface area contributed by atoms with Gasteiger partial charge in [-0.3, -0.25) is 4.79 Å². The van der Waals surface area contributed by atoms with Crippen LogP contribution in [-0.2, 0) is 19.1 Å². The minimum absolute atomic E-state index is 0.0455. The van der Waals surface area contributed by atoms with Crippen LogP contribution in [-0.4, -0.2) is 26.2 Å². The van der Waals surface area contributed by atoms with Gasteiger partial charge >= 0.3 is 11.9 Å². The number of esters is 2. The monoisotopic (exact) mass is 362 g/mol. The van der Waals surface area contributed by atoms with E-state index in [2.05, 4.69) is 26.8 Å². The van der Waals surface area contributed by atoms with Gasteiger partial charge in [-0.25, -0.2) is 4.79 Å². The van der Waals surface area contributed by atoms with Gasteiger partial charge in [0.15, 0.2) is 0 Å². The minimum Gasteiger partial charge on any atom is -0.469 e. The van der Waals surface area contributed by atoms with Crippen molar-refractivity contribution in [1.82, 2.24) is 0 Å². The van der Waals surface area contributed by atoms with Crippen LogP contribution in [0.25, 0.3) is 0 Å². The first-order valence-corrected chi connectivity index (χ1v) is 9.73. The second-order valence-electron chi connectivity index (χ2n) is 8.57. The molecular formula is C22H34O4. The van der Waals surface area contributed by atoms with Crippen LogP contribution in [0.2, 0.25) is 0 Å². The van der Waals surface area contributed by atoms with Crippen LogP contribution in [0.1, 0.15) is 66.2 Å². The van der Waals surface area contributed by atoms with Crippen LogP contribution in [0.15, 0.2) is 23.3 Å². The van der Waals surface area contributed by atoms with Gasteiger partial charge in [-0.2, -0.15) is 0 Å². The molecule has 0 heterocycles. The Kier molecular flexibility index (Phi) is 6.36. The van der Waals surface area contributed by atoms with E-state index in [0.29, 0.717) is 5.92 Å². The summed E-state index contributed by atoms with van der Waals surface area (Å²) in [6, 6.07) is 0. The fraction of sp³-hybridized carbons (Fsp3) is 0.727.